The topological polar surface area (TPSA) is 42.4 Å². The molecule has 1 aromatic rings. The molecule has 3 heteroatoms. The summed E-state index contributed by atoms with van der Waals surface area (Å²) in [5, 5.41) is 8.93. The fourth-order valence-corrected chi connectivity index (χ4v) is 1.64. The summed E-state index contributed by atoms with van der Waals surface area (Å²) in [4.78, 5) is 4.27. The highest BCUT2D eigenvalue weighted by molar-refractivity contribution is 5.33. The zero-order valence-electron chi connectivity index (χ0n) is 7.60. The molecule has 0 amide bonds. The fourth-order valence-electron chi connectivity index (χ4n) is 1.64. The lowest BCUT2D eigenvalue weighted by Crippen LogP contribution is -1.95. The number of aliphatic hydroxyl groups excluding tert-OH is 1. The van der Waals surface area contributed by atoms with E-state index in [9.17, 15) is 0 Å². The molecule has 1 aliphatic rings. The molecular formula is C10H13NO2. The average Bonchev–Trinajstić information content (AvgIpc) is 2.96. The quantitative estimate of drug-likeness (QED) is 0.757. The third-order valence-electron chi connectivity index (χ3n) is 2.53. The van der Waals surface area contributed by atoms with Crippen LogP contribution in [0.2, 0.25) is 0 Å². The molecule has 0 saturated heterocycles. The molecule has 3 nitrogen and oxygen atoms in total. The highest BCUT2D eigenvalue weighted by Gasteiger charge is 2.40. The van der Waals surface area contributed by atoms with Crippen molar-refractivity contribution in [2.75, 3.05) is 13.7 Å². The number of hydrogen-bond donors (Lipinski definition) is 1. The Hall–Kier alpha value is -1.09. The molecule has 2 rings (SSSR count). The molecule has 0 spiro atoms. The van der Waals surface area contributed by atoms with Gasteiger partial charge in [-0.1, -0.05) is 0 Å². The zero-order valence-corrected chi connectivity index (χ0v) is 7.60. The molecule has 1 heterocycles. The van der Waals surface area contributed by atoms with Crippen LogP contribution in [0, 0.1) is 5.92 Å². The lowest BCUT2D eigenvalue weighted by molar-refractivity contribution is 0.273. The standard InChI is InChI=1S/C10H13NO2/c1-13-9-3-2-4-11-10(9)8-5-7(8)6-12/h2-4,7-8,12H,5-6H2,1H3. The van der Waals surface area contributed by atoms with E-state index in [1.807, 2.05) is 12.1 Å². The highest BCUT2D eigenvalue weighted by atomic mass is 16.5. The van der Waals surface area contributed by atoms with Crippen LogP contribution in [0.1, 0.15) is 18.0 Å². The number of hydrogen-bond acceptors (Lipinski definition) is 3. The van der Waals surface area contributed by atoms with Gasteiger partial charge in [-0.15, -0.1) is 0 Å². The molecule has 0 aromatic carbocycles. The first-order chi connectivity index (χ1) is 6.36. The van der Waals surface area contributed by atoms with Gasteiger partial charge in [0.2, 0.25) is 0 Å². The van der Waals surface area contributed by atoms with Gasteiger partial charge in [-0.2, -0.15) is 0 Å². The minimum atomic E-state index is 0.254. The van der Waals surface area contributed by atoms with Crippen molar-refractivity contribution in [2.24, 2.45) is 5.92 Å². The number of ether oxygens (including phenoxy) is 1. The smallest absolute Gasteiger partial charge is 0.140 e. The van der Waals surface area contributed by atoms with Gasteiger partial charge in [0.05, 0.1) is 12.8 Å². The molecule has 1 fully saturated rings. The number of rotatable bonds is 3. The summed E-state index contributed by atoms with van der Waals surface area (Å²) in [5.41, 5.74) is 0.990. The van der Waals surface area contributed by atoms with Gasteiger partial charge >= 0.3 is 0 Å². The molecular weight excluding hydrogens is 166 g/mol. The normalized spacial score (nSPS) is 25.7. The van der Waals surface area contributed by atoms with Gasteiger partial charge in [0, 0.05) is 18.7 Å². The summed E-state index contributed by atoms with van der Waals surface area (Å²) in [7, 11) is 1.65. The van der Waals surface area contributed by atoms with Crippen LogP contribution in [0.25, 0.3) is 0 Å². The van der Waals surface area contributed by atoms with Gasteiger partial charge in [-0.25, -0.2) is 0 Å². The van der Waals surface area contributed by atoms with E-state index in [4.69, 9.17) is 9.84 Å². The second-order valence-electron chi connectivity index (χ2n) is 3.38. The predicted molar refractivity (Wildman–Crippen MR) is 48.7 cm³/mol. The molecule has 13 heavy (non-hydrogen) atoms. The van der Waals surface area contributed by atoms with Crippen LogP contribution >= 0.6 is 0 Å². The SMILES string of the molecule is COc1cccnc1C1CC1CO. The van der Waals surface area contributed by atoms with E-state index in [2.05, 4.69) is 4.98 Å². The second-order valence-corrected chi connectivity index (χ2v) is 3.38. The Morgan fingerprint density at radius 2 is 2.54 bits per heavy atom. The third-order valence-corrected chi connectivity index (χ3v) is 2.53. The van der Waals surface area contributed by atoms with Crippen molar-refractivity contribution >= 4 is 0 Å². The second kappa shape index (κ2) is 3.34. The van der Waals surface area contributed by atoms with Crippen LogP contribution in [0.4, 0.5) is 0 Å². The van der Waals surface area contributed by atoms with Gasteiger partial charge in [0.15, 0.2) is 0 Å². The number of aromatic nitrogens is 1. The van der Waals surface area contributed by atoms with Gasteiger partial charge in [0.25, 0.3) is 0 Å². The van der Waals surface area contributed by atoms with Crippen molar-refractivity contribution in [1.29, 1.82) is 0 Å². The van der Waals surface area contributed by atoms with E-state index in [1.54, 1.807) is 13.3 Å². The van der Waals surface area contributed by atoms with Crippen LogP contribution in [-0.2, 0) is 0 Å². The Kier molecular flexibility index (Phi) is 2.19. The molecule has 2 unspecified atom stereocenters. The van der Waals surface area contributed by atoms with E-state index in [-0.39, 0.29) is 6.61 Å². The van der Waals surface area contributed by atoms with Crippen LogP contribution in [0.3, 0.4) is 0 Å². The summed E-state index contributed by atoms with van der Waals surface area (Å²) in [6, 6.07) is 3.77. The average molecular weight is 179 g/mol. The zero-order chi connectivity index (χ0) is 9.26. The first-order valence-electron chi connectivity index (χ1n) is 4.46. The Bertz CT molecular complexity index is 301. The first-order valence-corrected chi connectivity index (χ1v) is 4.46. The van der Waals surface area contributed by atoms with Crippen molar-refractivity contribution < 1.29 is 9.84 Å². The molecule has 1 saturated carbocycles. The molecule has 1 aliphatic carbocycles. The molecule has 1 N–H and O–H groups in total. The van der Waals surface area contributed by atoms with Crippen molar-refractivity contribution in [3.63, 3.8) is 0 Å². The van der Waals surface area contributed by atoms with Crippen molar-refractivity contribution in [3.05, 3.63) is 24.0 Å². The predicted octanol–water partition coefficient (Wildman–Crippen LogP) is 1.19. The molecule has 0 bridgehead atoms. The van der Waals surface area contributed by atoms with Gasteiger partial charge in [-0.3, -0.25) is 4.98 Å². The van der Waals surface area contributed by atoms with Crippen LogP contribution < -0.4 is 4.74 Å². The van der Waals surface area contributed by atoms with E-state index in [1.165, 1.54) is 0 Å². The summed E-state index contributed by atoms with van der Waals surface area (Å²) in [5.74, 6) is 1.63. The lowest BCUT2D eigenvalue weighted by atomic mass is 10.2. The fraction of sp³-hybridized carbons (Fsp3) is 0.500. The molecule has 1 aromatic heterocycles. The Balaban J connectivity index is 2.20. The highest BCUT2D eigenvalue weighted by Crippen LogP contribution is 2.48. The summed E-state index contributed by atoms with van der Waals surface area (Å²) >= 11 is 0. The summed E-state index contributed by atoms with van der Waals surface area (Å²) in [6.45, 7) is 0.254. The molecule has 70 valence electrons. The minimum absolute atomic E-state index is 0.254. The maximum Gasteiger partial charge on any atom is 0.140 e. The number of nitrogens with zero attached hydrogens (tertiary/aromatic N) is 1. The largest absolute Gasteiger partial charge is 0.495 e. The van der Waals surface area contributed by atoms with Crippen molar-refractivity contribution in [2.45, 2.75) is 12.3 Å². The molecule has 0 aliphatic heterocycles. The van der Waals surface area contributed by atoms with E-state index < -0.39 is 0 Å². The Morgan fingerprint density at radius 3 is 3.15 bits per heavy atom. The van der Waals surface area contributed by atoms with Crippen LogP contribution in [0.15, 0.2) is 18.3 Å². The van der Waals surface area contributed by atoms with E-state index >= 15 is 0 Å². The van der Waals surface area contributed by atoms with Crippen LogP contribution in [-0.4, -0.2) is 23.8 Å². The van der Waals surface area contributed by atoms with Crippen LogP contribution in [0.5, 0.6) is 5.75 Å². The maximum atomic E-state index is 8.93. The Morgan fingerprint density at radius 1 is 1.69 bits per heavy atom. The van der Waals surface area contributed by atoms with Crippen molar-refractivity contribution in [1.82, 2.24) is 4.98 Å². The first kappa shape index (κ1) is 8.51. The number of pyridine rings is 1. The number of aliphatic hydroxyl groups is 1. The molecule has 0 radical (unpaired) electrons. The summed E-state index contributed by atoms with van der Waals surface area (Å²) in [6.07, 6.45) is 2.80. The lowest BCUT2D eigenvalue weighted by Gasteiger charge is -2.05. The number of methoxy groups -OCH3 is 1. The summed E-state index contributed by atoms with van der Waals surface area (Å²) < 4.78 is 5.20. The van der Waals surface area contributed by atoms with Gasteiger partial charge in [-0.05, 0) is 24.5 Å². The van der Waals surface area contributed by atoms with E-state index in [0.717, 1.165) is 17.9 Å². The monoisotopic (exact) mass is 179 g/mol. The Labute approximate surface area is 77.4 Å². The molecule has 2 atom stereocenters. The minimum Gasteiger partial charge on any atom is -0.495 e. The maximum absolute atomic E-state index is 8.93. The third kappa shape index (κ3) is 1.52. The van der Waals surface area contributed by atoms with E-state index in [0.29, 0.717) is 11.8 Å². The van der Waals surface area contributed by atoms with Crippen molar-refractivity contribution in [3.8, 4) is 5.75 Å². The van der Waals surface area contributed by atoms with Gasteiger partial charge in [0.1, 0.15) is 5.75 Å². The van der Waals surface area contributed by atoms with Gasteiger partial charge < -0.3 is 9.84 Å².